The summed E-state index contributed by atoms with van der Waals surface area (Å²) in [6.45, 7) is 3.96. The molecule has 7 nitrogen and oxygen atoms in total. The summed E-state index contributed by atoms with van der Waals surface area (Å²) >= 11 is 1.51. The molecule has 0 radical (unpaired) electrons. The van der Waals surface area contributed by atoms with Crippen LogP contribution in [0.1, 0.15) is 17.2 Å². The van der Waals surface area contributed by atoms with Crippen molar-refractivity contribution >= 4 is 23.6 Å². The zero-order valence-electron chi connectivity index (χ0n) is 14.9. The lowest BCUT2D eigenvalue weighted by Crippen LogP contribution is -2.40. The van der Waals surface area contributed by atoms with Gasteiger partial charge in [0.15, 0.2) is 0 Å². The third-order valence-electron chi connectivity index (χ3n) is 4.59. The molecule has 1 aliphatic rings. The summed E-state index contributed by atoms with van der Waals surface area (Å²) in [7, 11) is 0. The van der Waals surface area contributed by atoms with Crippen LogP contribution in [0.2, 0.25) is 0 Å². The number of hydrogen-bond acceptors (Lipinski definition) is 6. The van der Waals surface area contributed by atoms with Crippen LogP contribution in [0.4, 0.5) is 5.95 Å². The van der Waals surface area contributed by atoms with Crippen LogP contribution >= 0.6 is 11.8 Å². The van der Waals surface area contributed by atoms with Gasteiger partial charge in [-0.1, -0.05) is 60.8 Å². The number of phenolic OH excluding ortho intramolecular Hbond substituents is 1. The summed E-state index contributed by atoms with van der Waals surface area (Å²) in [6, 6.07) is 16.2. The number of carbonyl (C=O) groups is 1. The molecular formula is C20H19N5O2S. The molecule has 1 amide bonds. The van der Waals surface area contributed by atoms with Gasteiger partial charge in [0.25, 0.3) is 0 Å². The first-order chi connectivity index (χ1) is 13.5. The Morgan fingerprint density at radius 2 is 1.93 bits per heavy atom. The molecule has 1 aromatic heterocycles. The van der Waals surface area contributed by atoms with Crippen LogP contribution < -0.4 is 11.1 Å². The Morgan fingerprint density at radius 3 is 2.61 bits per heavy atom. The third kappa shape index (κ3) is 3.46. The molecule has 0 spiro atoms. The number of carbonyl (C=O) groups excluding carboxylic acids is 1. The molecule has 28 heavy (non-hydrogen) atoms. The van der Waals surface area contributed by atoms with Gasteiger partial charge in [-0.15, -0.1) is 5.10 Å². The average molecular weight is 393 g/mol. The van der Waals surface area contributed by atoms with Gasteiger partial charge in [0, 0.05) is 11.4 Å². The van der Waals surface area contributed by atoms with Crippen LogP contribution in [0.15, 0.2) is 72.0 Å². The van der Waals surface area contributed by atoms with Crippen molar-refractivity contribution in [2.24, 2.45) is 11.7 Å². The number of hydrogen-bond donors (Lipinski definition) is 3. The van der Waals surface area contributed by atoms with E-state index in [1.165, 1.54) is 17.3 Å². The number of amides is 1. The van der Waals surface area contributed by atoms with Gasteiger partial charge in [0.1, 0.15) is 11.7 Å². The molecule has 0 aliphatic carbocycles. The molecule has 3 aromatic rings. The van der Waals surface area contributed by atoms with Gasteiger partial charge in [0.2, 0.25) is 17.0 Å². The van der Waals surface area contributed by atoms with E-state index < -0.39 is 17.9 Å². The lowest BCUT2D eigenvalue weighted by atomic mass is 9.89. The lowest BCUT2D eigenvalue weighted by molar-refractivity contribution is -0.121. The summed E-state index contributed by atoms with van der Waals surface area (Å²) in [5.41, 5.74) is 8.09. The average Bonchev–Trinajstić information content (AvgIpc) is 3.09. The van der Waals surface area contributed by atoms with Crippen molar-refractivity contribution in [1.29, 1.82) is 0 Å². The van der Waals surface area contributed by atoms with Crippen molar-refractivity contribution in [3.63, 3.8) is 0 Å². The van der Waals surface area contributed by atoms with Gasteiger partial charge in [-0.25, -0.2) is 4.68 Å². The second-order valence-corrected chi connectivity index (χ2v) is 7.45. The third-order valence-corrected chi connectivity index (χ3v) is 5.50. The lowest BCUT2D eigenvalue weighted by Gasteiger charge is -2.32. The fourth-order valence-electron chi connectivity index (χ4n) is 3.25. The number of aromatic nitrogens is 3. The minimum absolute atomic E-state index is 0.144. The maximum atomic E-state index is 12.1. The Labute approximate surface area is 166 Å². The molecule has 2 atom stereocenters. The molecule has 0 saturated heterocycles. The summed E-state index contributed by atoms with van der Waals surface area (Å²) in [5, 5.41) is 17.9. The molecule has 0 bridgehead atoms. The predicted octanol–water partition coefficient (Wildman–Crippen LogP) is 2.91. The first kappa shape index (κ1) is 18.1. The zero-order valence-corrected chi connectivity index (χ0v) is 15.8. The Kier molecular flexibility index (Phi) is 4.79. The fraction of sp³-hybridized carbons (Fsp3) is 0.150. The number of aromatic hydroxyl groups is 1. The Hall–Kier alpha value is -3.26. The molecule has 0 fully saturated rings. The van der Waals surface area contributed by atoms with E-state index in [-0.39, 0.29) is 5.75 Å². The molecule has 1 aliphatic heterocycles. The zero-order chi connectivity index (χ0) is 19.7. The van der Waals surface area contributed by atoms with E-state index >= 15 is 0 Å². The van der Waals surface area contributed by atoms with Crippen LogP contribution in [-0.2, 0) is 10.5 Å². The Bertz CT molecular complexity index is 1020. The van der Waals surface area contributed by atoms with Gasteiger partial charge >= 0.3 is 0 Å². The van der Waals surface area contributed by atoms with Crippen LogP contribution in [0.3, 0.4) is 0 Å². The first-order valence-corrected chi connectivity index (χ1v) is 9.69. The van der Waals surface area contributed by atoms with Gasteiger partial charge in [-0.3, -0.25) is 4.79 Å². The second-order valence-electron chi connectivity index (χ2n) is 6.50. The summed E-state index contributed by atoms with van der Waals surface area (Å²) in [6.07, 6.45) is 0. The molecule has 0 unspecified atom stereocenters. The highest BCUT2D eigenvalue weighted by molar-refractivity contribution is 7.98. The maximum absolute atomic E-state index is 12.1. The van der Waals surface area contributed by atoms with Crippen molar-refractivity contribution in [3.05, 3.63) is 78.0 Å². The number of fused-ring (bicyclic) bond motifs is 1. The maximum Gasteiger partial charge on any atom is 0.229 e. The topological polar surface area (TPSA) is 106 Å². The molecule has 0 saturated carbocycles. The molecule has 4 N–H and O–H groups in total. The van der Waals surface area contributed by atoms with Crippen LogP contribution in [0.5, 0.6) is 5.75 Å². The molecule has 142 valence electrons. The van der Waals surface area contributed by atoms with E-state index in [0.717, 1.165) is 11.3 Å². The van der Waals surface area contributed by atoms with E-state index in [4.69, 9.17) is 5.73 Å². The highest BCUT2D eigenvalue weighted by Crippen LogP contribution is 2.38. The molecule has 2 heterocycles. The van der Waals surface area contributed by atoms with E-state index in [9.17, 15) is 9.90 Å². The standard InChI is InChI=1S/C20H19N5O2S/c1-12-16(18(21)27)17(14-7-9-15(26)10-8-14)25-19(22-12)23-20(24-25)28-11-13-5-3-2-4-6-13/h2-10,16-17,26H,1,11H2,(H2,21,27)(H,22,23,24)/t16-,17+/m1/s1. The Morgan fingerprint density at radius 1 is 1.21 bits per heavy atom. The van der Waals surface area contributed by atoms with Crippen LogP contribution in [-0.4, -0.2) is 25.8 Å². The first-order valence-electron chi connectivity index (χ1n) is 8.70. The highest BCUT2D eigenvalue weighted by atomic mass is 32.2. The number of phenols is 1. The molecule has 8 heteroatoms. The number of rotatable bonds is 5. The number of nitrogens with one attached hydrogen (secondary N) is 1. The number of nitrogens with zero attached hydrogens (tertiary/aromatic N) is 3. The van der Waals surface area contributed by atoms with Crippen LogP contribution in [0.25, 0.3) is 0 Å². The van der Waals surface area contributed by atoms with E-state index in [2.05, 4.69) is 22.0 Å². The van der Waals surface area contributed by atoms with Gasteiger partial charge < -0.3 is 16.2 Å². The number of primary amides is 1. The van der Waals surface area contributed by atoms with E-state index in [0.29, 0.717) is 16.8 Å². The van der Waals surface area contributed by atoms with Crippen molar-refractivity contribution in [2.75, 3.05) is 5.32 Å². The quantitative estimate of drug-likeness (QED) is 0.576. The summed E-state index contributed by atoms with van der Waals surface area (Å²) < 4.78 is 1.67. The number of benzene rings is 2. The molecule has 4 rings (SSSR count). The smallest absolute Gasteiger partial charge is 0.229 e. The Balaban J connectivity index is 1.69. The van der Waals surface area contributed by atoms with Crippen molar-refractivity contribution in [3.8, 4) is 5.75 Å². The molecule has 2 aromatic carbocycles. The van der Waals surface area contributed by atoms with Crippen molar-refractivity contribution in [2.45, 2.75) is 17.0 Å². The normalized spacial score (nSPS) is 18.4. The van der Waals surface area contributed by atoms with Gasteiger partial charge in [-0.2, -0.15) is 4.98 Å². The minimum atomic E-state index is -0.689. The summed E-state index contributed by atoms with van der Waals surface area (Å²) in [4.78, 5) is 16.7. The van der Waals surface area contributed by atoms with Gasteiger partial charge in [-0.05, 0) is 23.3 Å². The largest absolute Gasteiger partial charge is 0.508 e. The minimum Gasteiger partial charge on any atom is -0.508 e. The van der Waals surface area contributed by atoms with Crippen molar-refractivity contribution in [1.82, 2.24) is 14.8 Å². The summed E-state index contributed by atoms with van der Waals surface area (Å²) in [5.74, 6) is 0.191. The predicted molar refractivity (Wildman–Crippen MR) is 108 cm³/mol. The molecular weight excluding hydrogens is 374 g/mol. The monoisotopic (exact) mass is 393 g/mol. The van der Waals surface area contributed by atoms with Crippen LogP contribution in [0, 0.1) is 5.92 Å². The van der Waals surface area contributed by atoms with E-state index in [1.807, 2.05) is 30.3 Å². The number of thioether (sulfide) groups is 1. The van der Waals surface area contributed by atoms with Crippen molar-refractivity contribution < 1.29 is 9.90 Å². The van der Waals surface area contributed by atoms with E-state index in [1.54, 1.807) is 28.9 Å². The fourth-order valence-corrected chi connectivity index (χ4v) is 4.04. The SMILES string of the molecule is C=C1Nc2nc(SCc3ccccc3)nn2[C@@H](c2ccc(O)cc2)[C@@H]1C(N)=O. The second kappa shape index (κ2) is 7.40. The highest BCUT2D eigenvalue weighted by Gasteiger charge is 2.39. The number of nitrogens with two attached hydrogens (primary N) is 1. The van der Waals surface area contributed by atoms with Gasteiger partial charge in [0.05, 0.1) is 6.04 Å². The number of anilines is 1.